The number of nitrogens with one attached hydrogen (secondary N) is 2. The average molecular weight is 304 g/mol. The molecule has 0 saturated heterocycles. The van der Waals surface area contributed by atoms with Gasteiger partial charge in [0, 0.05) is 11.9 Å². The molecule has 1 heterocycles. The van der Waals surface area contributed by atoms with E-state index in [1.165, 1.54) is 18.3 Å². The third-order valence-corrected chi connectivity index (χ3v) is 3.26. The van der Waals surface area contributed by atoms with Gasteiger partial charge in [-0.1, -0.05) is 18.2 Å². The second kappa shape index (κ2) is 6.03. The number of aromatic amines is 1. The first-order chi connectivity index (χ1) is 11.2. The quantitative estimate of drug-likeness (QED) is 0.642. The molecule has 0 aliphatic carbocycles. The zero-order valence-corrected chi connectivity index (χ0v) is 11.9. The second-order valence-corrected chi connectivity index (χ2v) is 4.80. The number of anilines is 1. The van der Waals surface area contributed by atoms with E-state index in [1.54, 1.807) is 12.1 Å². The fourth-order valence-electron chi connectivity index (χ4n) is 2.13. The van der Waals surface area contributed by atoms with Crippen molar-refractivity contribution in [2.45, 2.75) is 0 Å². The predicted octanol–water partition coefficient (Wildman–Crippen LogP) is 3.24. The smallest absolute Gasteiger partial charge is 0.335 e. The molecule has 0 unspecified atom stereocenters. The molecule has 1 aromatic heterocycles. The molecule has 0 bridgehead atoms. The molecule has 0 amide bonds. The fraction of sp³-hybridized carbons (Fsp3) is 0. The van der Waals surface area contributed by atoms with Crippen LogP contribution in [0.1, 0.15) is 16.2 Å². The number of nitriles is 1. The summed E-state index contributed by atoms with van der Waals surface area (Å²) < 4.78 is 0. The molecule has 0 spiro atoms. The highest BCUT2D eigenvalue weighted by atomic mass is 16.4. The fourth-order valence-corrected chi connectivity index (χ4v) is 2.13. The van der Waals surface area contributed by atoms with Crippen LogP contribution in [0, 0.1) is 11.3 Å². The largest absolute Gasteiger partial charge is 0.478 e. The number of aromatic nitrogens is 2. The van der Waals surface area contributed by atoms with Gasteiger partial charge in [0.25, 0.3) is 0 Å². The minimum atomic E-state index is -1.00. The topological polar surface area (TPSA) is 102 Å². The van der Waals surface area contributed by atoms with Gasteiger partial charge >= 0.3 is 5.97 Å². The Kier molecular flexibility index (Phi) is 3.77. The third-order valence-electron chi connectivity index (χ3n) is 3.26. The van der Waals surface area contributed by atoms with Crippen LogP contribution in [0.3, 0.4) is 0 Å². The van der Waals surface area contributed by atoms with E-state index in [2.05, 4.69) is 21.4 Å². The Morgan fingerprint density at radius 1 is 1.26 bits per heavy atom. The molecule has 0 saturated carbocycles. The van der Waals surface area contributed by atoms with E-state index >= 15 is 0 Å². The van der Waals surface area contributed by atoms with Gasteiger partial charge in [-0.25, -0.2) is 9.78 Å². The minimum absolute atomic E-state index is 0.172. The first-order valence-corrected chi connectivity index (χ1v) is 6.82. The molecule has 0 aliphatic rings. The third kappa shape index (κ3) is 3.04. The van der Waals surface area contributed by atoms with Crippen molar-refractivity contribution in [2.24, 2.45) is 0 Å². The number of imidazole rings is 1. The first kappa shape index (κ1) is 14.4. The van der Waals surface area contributed by atoms with Crippen molar-refractivity contribution in [3.8, 4) is 6.07 Å². The Bertz CT molecular complexity index is 917. The van der Waals surface area contributed by atoms with Crippen molar-refractivity contribution >= 4 is 28.3 Å². The summed E-state index contributed by atoms with van der Waals surface area (Å²) in [6, 6.07) is 15.9. The molecule has 3 aromatic rings. The molecule has 2 aromatic carbocycles. The van der Waals surface area contributed by atoms with Crippen LogP contribution in [0.15, 0.2) is 54.7 Å². The number of benzene rings is 2. The number of hydrogen-bond acceptors (Lipinski definition) is 4. The van der Waals surface area contributed by atoms with Crippen molar-refractivity contribution in [3.05, 3.63) is 66.1 Å². The average Bonchev–Trinajstić information content (AvgIpc) is 2.99. The van der Waals surface area contributed by atoms with E-state index in [-0.39, 0.29) is 5.56 Å². The number of allylic oxidation sites excluding steroid dienone is 1. The van der Waals surface area contributed by atoms with Crippen LogP contribution in [0.25, 0.3) is 16.6 Å². The minimum Gasteiger partial charge on any atom is -0.478 e. The summed E-state index contributed by atoms with van der Waals surface area (Å²) >= 11 is 0. The maximum absolute atomic E-state index is 11.0. The van der Waals surface area contributed by atoms with Gasteiger partial charge in [-0.3, -0.25) is 0 Å². The highest BCUT2D eigenvalue weighted by molar-refractivity contribution is 5.89. The molecule has 0 aliphatic heterocycles. The maximum atomic E-state index is 11.0. The normalized spacial score (nSPS) is 11.2. The molecule has 3 rings (SSSR count). The molecule has 112 valence electrons. The zero-order valence-electron chi connectivity index (χ0n) is 11.9. The molecule has 6 nitrogen and oxygen atoms in total. The zero-order chi connectivity index (χ0) is 16.2. The van der Waals surface area contributed by atoms with E-state index in [9.17, 15) is 10.1 Å². The first-order valence-electron chi connectivity index (χ1n) is 6.82. The van der Waals surface area contributed by atoms with Gasteiger partial charge in [-0.05, 0) is 30.3 Å². The van der Waals surface area contributed by atoms with Gasteiger partial charge < -0.3 is 15.4 Å². The maximum Gasteiger partial charge on any atom is 0.335 e. The van der Waals surface area contributed by atoms with Crippen LogP contribution >= 0.6 is 0 Å². The van der Waals surface area contributed by atoms with Crippen molar-refractivity contribution in [2.75, 3.05) is 5.32 Å². The lowest BCUT2D eigenvalue weighted by Crippen LogP contribution is -1.98. The Hall–Kier alpha value is -3.59. The van der Waals surface area contributed by atoms with E-state index < -0.39 is 5.97 Å². The van der Waals surface area contributed by atoms with Gasteiger partial charge in [0.05, 0.1) is 16.6 Å². The molecule has 23 heavy (non-hydrogen) atoms. The van der Waals surface area contributed by atoms with E-state index in [1.807, 2.05) is 24.3 Å². The number of hydrogen-bond donors (Lipinski definition) is 3. The van der Waals surface area contributed by atoms with E-state index in [4.69, 9.17) is 5.11 Å². The monoisotopic (exact) mass is 304 g/mol. The number of nitrogens with zero attached hydrogens (tertiary/aromatic N) is 2. The van der Waals surface area contributed by atoms with Crippen LogP contribution in [-0.2, 0) is 0 Å². The molecular formula is C17H12N4O2. The number of carboxylic acid groups (broad SMARTS) is 1. The van der Waals surface area contributed by atoms with E-state index in [0.29, 0.717) is 17.1 Å². The van der Waals surface area contributed by atoms with Crippen molar-refractivity contribution < 1.29 is 9.90 Å². The standard InChI is InChI=1S/C17H12N4O2/c18-9-12(16-20-14-6-1-2-7-15(14)21-16)10-19-13-5-3-4-11(8-13)17(22)23/h1-8,10,19H,(H,20,21)(H,22,23). The van der Waals surface area contributed by atoms with Gasteiger partial charge in [0.1, 0.15) is 11.6 Å². The lowest BCUT2D eigenvalue weighted by molar-refractivity contribution is 0.0697. The van der Waals surface area contributed by atoms with Gasteiger partial charge in [0.15, 0.2) is 5.82 Å². The molecule has 3 N–H and O–H groups in total. The van der Waals surface area contributed by atoms with Crippen molar-refractivity contribution in [1.82, 2.24) is 9.97 Å². The Morgan fingerprint density at radius 2 is 2.09 bits per heavy atom. The summed E-state index contributed by atoms with van der Waals surface area (Å²) in [7, 11) is 0. The van der Waals surface area contributed by atoms with Crippen molar-refractivity contribution in [1.29, 1.82) is 5.26 Å². The molecule has 0 fully saturated rings. The Balaban J connectivity index is 1.89. The van der Waals surface area contributed by atoms with Crippen LogP contribution in [0.4, 0.5) is 5.69 Å². The molecule has 6 heteroatoms. The SMILES string of the molecule is N#CC(=CNc1cccc(C(=O)O)c1)c1nc2ccccc2[nH]1. The highest BCUT2D eigenvalue weighted by Gasteiger charge is 2.07. The second-order valence-electron chi connectivity index (χ2n) is 4.80. The van der Waals surface area contributed by atoms with Crippen molar-refractivity contribution in [3.63, 3.8) is 0 Å². The summed E-state index contributed by atoms with van der Waals surface area (Å²) in [6.07, 6.45) is 1.50. The lowest BCUT2D eigenvalue weighted by atomic mass is 10.2. The number of carboxylic acids is 1. The van der Waals surface area contributed by atoms with Gasteiger partial charge in [-0.15, -0.1) is 0 Å². The number of H-pyrrole nitrogens is 1. The summed E-state index contributed by atoms with van der Waals surface area (Å²) in [5, 5.41) is 21.2. The number of para-hydroxylation sites is 2. The lowest BCUT2D eigenvalue weighted by Gasteiger charge is -2.02. The number of fused-ring (bicyclic) bond motifs is 1. The van der Waals surface area contributed by atoms with Crippen LogP contribution in [0.2, 0.25) is 0 Å². The van der Waals surface area contributed by atoms with Crippen LogP contribution in [0.5, 0.6) is 0 Å². The Labute approximate surface area is 131 Å². The molecule has 0 radical (unpaired) electrons. The van der Waals surface area contributed by atoms with Gasteiger partial charge in [0.2, 0.25) is 0 Å². The van der Waals surface area contributed by atoms with Gasteiger partial charge in [-0.2, -0.15) is 5.26 Å². The predicted molar refractivity (Wildman–Crippen MR) is 86.7 cm³/mol. The number of rotatable bonds is 4. The molecule has 0 atom stereocenters. The summed E-state index contributed by atoms with van der Waals surface area (Å²) in [6.45, 7) is 0. The summed E-state index contributed by atoms with van der Waals surface area (Å²) in [5.74, 6) is -0.550. The highest BCUT2D eigenvalue weighted by Crippen LogP contribution is 2.17. The van der Waals surface area contributed by atoms with Crippen LogP contribution < -0.4 is 5.32 Å². The summed E-state index contributed by atoms with van der Waals surface area (Å²) in [5.41, 5.74) is 2.69. The summed E-state index contributed by atoms with van der Waals surface area (Å²) in [4.78, 5) is 18.4. The van der Waals surface area contributed by atoms with E-state index in [0.717, 1.165) is 11.0 Å². The molecular weight excluding hydrogens is 292 g/mol. The van der Waals surface area contributed by atoms with Crippen LogP contribution in [-0.4, -0.2) is 21.0 Å². The number of aromatic carboxylic acids is 1. The number of carbonyl (C=O) groups is 1. The Morgan fingerprint density at radius 3 is 2.83 bits per heavy atom.